The molecular weight excluding hydrogens is 276 g/mol. The van der Waals surface area contributed by atoms with Crippen molar-refractivity contribution in [2.45, 2.75) is 39.3 Å². The zero-order valence-corrected chi connectivity index (χ0v) is 11.8. The van der Waals surface area contributed by atoms with Gasteiger partial charge in [0, 0.05) is 13.0 Å². The van der Waals surface area contributed by atoms with Gasteiger partial charge in [0.15, 0.2) is 11.5 Å². The van der Waals surface area contributed by atoms with E-state index < -0.39 is 5.97 Å². The molecule has 10 heteroatoms. The Morgan fingerprint density at radius 3 is 2.76 bits per heavy atom. The lowest BCUT2D eigenvalue weighted by molar-refractivity contribution is 0.0689. The second kappa shape index (κ2) is 6.88. The maximum absolute atomic E-state index is 11.1. The average molecular weight is 294 g/mol. The minimum absolute atomic E-state index is 0.0759. The quantitative estimate of drug-likeness (QED) is 0.652. The zero-order valence-electron chi connectivity index (χ0n) is 11.8. The van der Waals surface area contributed by atoms with Crippen LogP contribution in [0.15, 0.2) is 0 Å². The number of tetrazole rings is 1. The molecule has 114 valence electrons. The van der Waals surface area contributed by atoms with E-state index in [9.17, 15) is 4.79 Å². The molecule has 10 nitrogen and oxygen atoms in total. The molecule has 0 saturated heterocycles. The molecule has 0 aliphatic heterocycles. The molecule has 0 saturated carbocycles. The van der Waals surface area contributed by atoms with E-state index in [1.807, 2.05) is 0 Å². The minimum Gasteiger partial charge on any atom is -0.476 e. The second-order valence-corrected chi connectivity index (χ2v) is 4.56. The third kappa shape index (κ3) is 3.40. The van der Waals surface area contributed by atoms with Gasteiger partial charge in [0.25, 0.3) is 0 Å². The van der Waals surface area contributed by atoms with E-state index in [4.69, 9.17) is 10.8 Å². The third-order valence-electron chi connectivity index (χ3n) is 3.04. The highest BCUT2D eigenvalue weighted by Gasteiger charge is 2.19. The summed E-state index contributed by atoms with van der Waals surface area (Å²) in [7, 11) is 0. The topological polar surface area (TPSA) is 138 Å². The smallest absolute Gasteiger partial charge is 0.358 e. The summed E-state index contributed by atoms with van der Waals surface area (Å²) in [6.45, 7) is 3.38. The minimum atomic E-state index is -1.12. The molecule has 0 aliphatic carbocycles. The number of nitrogens with zero attached hydrogens (tertiary/aromatic N) is 7. The molecule has 0 aromatic carbocycles. The van der Waals surface area contributed by atoms with E-state index in [1.54, 1.807) is 4.68 Å². The van der Waals surface area contributed by atoms with Crippen LogP contribution >= 0.6 is 0 Å². The number of aryl methyl sites for hydroxylation is 1. The van der Waals surface area contributed by atoms with Gasteiger partial charge in [-0.3, -0.25) is 0 Å². The second-order valence-electron chi connectivity index (χ2n) is 4.56. The standard InChI is InChI=1S/C11H18N8O2/c1-2-3-6-18-9(13-15-17-18)7-19-8(4-5-12)10(11(20)21)14-16-19/h2-7,12H2,1H3,(H,20,21). The first kappa shape index (κ1) is 15.0. The molecule has 3 N–H and O–H groups in total. The van der Waals surface area contributed by atoms with Gasteiger partial charge in [-0.05, 0) is 23.4 Å². The summed E-state index contributed by atoms with van der Waals surface area (Å²) in [5, 5.41) is 28.2. The van der Waals surface area contributed by atoms with Crippen LogP contribution in [-0.4, -0.2) is 52.8 Å². The number of unbranched alkanes of at least 4 members (excludes halogenated alkanes) is 1. The van der Waals surface area contributed by atoms with Gasteiger partial charge in [0.1, 0.15) is 6.54 Å². The zero-order chi connectivity index (χ0) is 15.2. The summed E-state index contributed by atoms with van der Waals surface area (Å²) in [4.78, 5) is 11.1. The molecule has 0 atom stereocenters. The number of carboxylic acid groups (broad SMARTS) is 1. The van der Waals surface area contributed by atoms with Crippen LogP contribution < -0.4 is 5.73 Å². The Morgan fingerprint density at radius 1 is 1.29 bits per heavy atom. The van der Waals surface area contributed by atoms with Crippen molar-refractivity contribution in [2.75, 3.05) is 6.54 Å². The Hall–Kier alpha value is -2.36. The van der Waals surface area contributed by atoms with Crippen LogP contribution in [0.1, 0.15) is 41.8 Å². The predicted octanol–water partition coefficient (Wildman–Crippen LogP) is -0.688. The molecule has 2 aromatic heterocycles. The fourth-order valence-corrected chi connectivity index (χ4v) is 1.96. The number of hydrogen-bond acceptors (Lipinski definition) is 7. The van der Waals surface area contributed by atoms with Crippen LogP contribution in [0.25, 0.3) is 0 Å². The highest BCUT2D eigenvalue weighted by Crippen LogP contribution is 2.08. The lowest BCUT2D eigenvalue weighted by atomic mass is 10.2. The molecule has 0 spiro atoms. The number of rotatable bonds is 8. The van der Waals surface area contributed by atoms with Gasteiger partial charge in [0.2, 0.25) is 0 Å². The molecule has 0 unspecified atom stereocenters. The highest BCUT2D eigenvalue weighted by molar-refractivity contribution is 5.86. The first-order chi connectivity index (χ1) is 10.2. The van der Waals surface area contributed by atoms with E-state index in [0.717, 1.165) is 12.8 Å². The van der Waals surface area contributed by atoms with E-state index in [-0.39, 0.29) is 12.2 Å². The Labute approximate surface area is 120 Å². The number of nitrogens with two attached hydrogens (primary N) is 1. The number of aromatic carboxylic acids is 1. The molecule has 0 aliphatic rings. The van der Waals surface area contributed by atoms with Crippen molar-refractivity contribution in [2.24, 2.45) is 5.73 Å². The largest absolute Gasteiger partial charge is 0.476 e. The normalized spacial score (nSPS) is 11.0. The lowest BCUT2D eigenvalue weighted by Crippen LogP contribution is -2.16. The van der Waals surface area contributed by atoms with Crippen LogP contribution in [0, 0.1) is 0 Å². The summed E-state index contributed by atoms with van der Waals surface area (Å²) in [5.74, 6) is -0.501. The number of carbonyl (C=O) groups is 1. The fraction of sp³-hybridized carbons (Fsp3) is 0.636. The van der Waals surface area contributed by atoms with Gasteiger partial charge >= 0.3 is 5.97 Å². The van der Waals surface area contributed by atoms with Crippen molar-refractivity contribution in [3.05, 3.63) is 17.2 Å². The number of hydrogen-bond donors (Lipinski definition) is 2. The van der Waals surface area contributed by atoms with Crippen molar-refractivity contribution in [1.29, 1.82) is 0 Å². The van der Waals surface area contributed by atoms with Crippen LogP contribution in [0.3, 0.4) is 0 Å². The van der Waals surface area contributed by atoms with Crippen molar-refractivity contribution >= 4 is 5.97 Å². The lowest BCUT2D eigenvalue weighted by Gasteiger charge is -2.06. The molecule has 0 bridgehead atoms. The molecule has 2 rings (SSSR count). The van der Waals surface area contributed by atoms with Crippen molar-refractivity contribution in [3.63, 3.8) is 0 Å². The van der Waals surface area contributed by atoms with Gasteiger partial charge < -0.3 is 10.8 Å². The Balaban J connectivity index is 2.23. The van der Waals surface area contributed by atoms with Gasteiger partial charge in [-0.15, -0.1) is 10.2 Å². The first-order valence-corrected chi connectivity index (χ1v) is 6.78. The number of carboxylic acids is 1. The van der Waals surface area contributed by atoms with Gasteiger partial charge in [-0.2, -0.15) is 0 Å². The van der Waals surface area contributed by atoms with Crippen molar-refractivity contribution < 1.29 is 9.90 Å². The number of aromatic nitrogens is 7. The molecule has 2 heterocycles. The maximum atomic E-state index is 11.1. The summed E-state index contributed by atoms with van der Waals surface area (Å²) in [5.41, 5.74) is 5.92. The Morgan fingerprint density at radius 2 is 2.10 bits per heavy atom. The highest BCUT2D eigenvalue weighted by atomic mass is 16.4. The molecule has 2 aromatic rings. The van der Waals surface area contributed by atoms with Crippen LogP contribution in [0.2, 0.25) is 0 Å². The Bertz CT molecular complexity index is 605. The van der Waals surface area contributed by atoms with Crippen LogP contribution in [0.5, 0.6) is 0 Å². The van der Waals surface area contributed by atoms with Gasteiger partial charge in [-0.1, -0.05) is 18.6 Å². The van der Waals surface area contributed by atoms with E-state index in [1.165, 1.54) is 4.68 Å². The van der Waals surface area contributed by atoms with Gasteiger partial charge in [0.05, 0.1) is 5.69 Å². The maximum Gasteiger partial charge on any atom is 0.358 e. The van der Waals surface area contributed by atoms with Crippen molar-refractivity contribution in [1.82, 2.24) is 35.2 Å². The van der Waals surface area contributed by atoms with Crippen molar-refractivity contribution in [3.8, 4) is 0 Å². The summed E-state index contributed by atoms with van der Waals surface area (Å²) < 4.78 is 3.18. The monoisotopic (exact) mass is 294 g/mol. The van der Waals surface area contributed by atoms with Crippen LogP contribution in [-0.2, 0) is 19.5 Å². The van der Waals surface area contributed by atoms with Crippen LogP contribution in [0.4, 0.5) is 0 Å². The van der Waals surface area contributed by atoms with Gasteiger partial charge in [-0.25, -0.2) is 14.2 Å². The summed E-state index contributed by atoms with van der Waals surface area (Å²) in [6.07, 6.45) is 2.38. The first-order valence-electron chi connectivity index (χ1n) is 6.78. The summed E-state index contributed by atoms with van der Waals surface area (Å²) >= 11 is 0. The summed E-state index contributed by atoms with van der Waals surface area (Å²) in [6, 6.07) is 0. The predicted molar refractivity (Wildman–Crippen MR) is 71.6 cm³/mol. The molecule has 0 fully saturated rings. The average Bonchev–Trinajstić information content (AvgIpc) is 3.05. The van der Waals surface area contributed by atoms with E-state index in [2.05, 4.69) is 32.8 Å². The SMILES string of the molecule is CCCCn1nnnc1Cn1nnc(C(=O)O)c1CCN. The fourth-order valence-electron chi connectivity index (χ4n) is 1.96. The molecule has 0 amide bonds. The van der Waals surface area contributed by atoms with E-state index in [0.29, 0.717) is 31.0 Å². The third-order valence-corrected chi connectivity index (χ3v) is 3.04. The Kier molecular flexibility index (Phi) is 4.93. The van der Waals surface area contributed by atoms with E-state index >= 15 is 0 Å². The molecule has 21 heavy (non-hydrogen) atoms. The molecular formula is C11H18N8O2. The molecule has 0 radical (unpaired) electrons.